The highest BCUT2D eigenvalue weighted by molar-refractivity contribution is 5.81. The van der Waals surface area contributed by atoms with E-state index in [4.69, 9.17) is 0 Å². The second-order valence-electron chi connectivity index (χ2n) is 11.3. The summed E-state index contributed by atoms with van der Waals surface area (Å²) in [5.41, 5.74) is 7.27. The molecule has 0 heteroatoms. The molecule has 0 N–H and O–H groups in total. The Morgan fingerprint density at radius 2 is 0.966 bits per heavy atom. The summed E-state index contributed by atoms with van der Waals surface area (Å²) in [7, 11) is 0. The minimum atomic E-state index is 0.362. The number of hydrogen-bond acceptors (Lipinski definition) is 0. The van der Waals surface area contributed by atoms with Crippen LogP contribution >= 0.6 is 0 Å². The van der Waals surface area contributed by atoms with Gasteiger partial charge in [-0.25, -0.2) is 0 Å². The van der Waals surface area contributed by atoms with Crippen LogP contribution in [0.2, 0.25) is 0 Å². The molecule has 7 rings (SSSR count). The van der Waals surface area contributed by atoms with Gasteiger partial charge >= 0.3 is 0 Å². The van der Waals surface area contributed by atoms with Gasteiger partial charge in [0.2, 0.25) is 0 Å². The molecule has 156 valence electrons. The van der Waals surface area contributed by atoms with E-state index < -0.39 is 0 Å². The van der Waals surface area contributed by atoms with Gasteiger partial charge in [0.05, 0.1) is 0 Å². The summed E-state index contributed by atoms with van der Waals surface area (Å²) in [6.07, 6.45) is 7.46. The van der Waals surface area contributed by atoms with Crippen molar-refractivity contribution in [3.05, 3.63) is 59.7 Å². The Morgan fingerprint density at radius 3 is 1.34 bits per heavy atom. The van der Waals surface area contributed by atoms with E-state index in [0.717, 1.165) is 23.7 Å². The summed E-state index contributed by atoms with van der Waals surface area (Å²) in [6, 6.07) is 18.7. The molecular formula is C29H40. The first-order valence-electron chi connectivity index (χ1n) is 12.1. The third kappa shape index (κ3) is 3.37. The maximum absolute atomic E-state index is 2.46. The third-order valence-electron chi connectivity index (χ3n) is 7.46. The first-order valence-corrected chi connectivity index (χ1v) is 12.1. The van der Waals surface area contributed by atoms with Crippen molar-refractivity contribution in [3.8, 4) is 11.1 Å². The lowest BCUT2D eigenvalue weighted by molar-refractivity contribution is -0.0399. The largest absolute Gasteiger partial charge is 0.0683 e. The van der Waals surface area contributed by atoms with Crippen molar-refractivity contribution in [2.75, 3.05) is 0 Å². The average molecular weight is 389 g/mol. The number of fused-ring (bicyclic) bond motifs is 3. The fourth-order valence-corrected chi connectivity index (χ4v) is 7.11. The van der Waals surface area contributed by atoms with Crippen LogP contribution in [0.4, 0.5) is 0 Å². The molecule has 1 spiro atoms. The van der Waals surface area contributed by atoms with Gasteiger partial charge in [0, 0.05) is 5.41 Å². The van der Waals surface area contributed by atoms with Crippen molar-refractivity contribution in [1.82, 2.24) is 0 Å². The Balaban J connectivity index is 0.000000260. The summed E-state index contributed by atoms with van der Waals surface area (Å²) >= 11 is 0. The SMILES string of the molecule is CC.CC(C)(C)C.c1ccc2c(c1)-c1ccccc1C21C2CC3CC(C2)CC1C3. The monoisotopic (exact) mass is 388 g/mol. The maximum Gasteiger partial charge on any atom is 0.0271 e. The van der Waals surface area contributed by atoms with E-state index in [1.807, 2.05) is 13.8 Å². The molecule has 5 aliphatic rings. The molecule has 2 aromatic carbocycles. The van der Waals surface area contributed by atoms with E-state index in [1.165, 1.54) is 43.2 Å². The molecular weight excluding hydrogens is 348 g/mol. The second-order valence-corrected chi connectivity index (χ2v) is 11.3. The van der Waals surface area contributed by atoms with E-state index >= 15 is 0 Å². The van der Waals surface area contributed by atoms with Crippen LogP contribution in [-0.2, 0) is 5.41 Å². The third-order valence-corrected chi connectivity index (χ3v) is 7.46. The molecule has 0 radical (unpaired) electrons. The highest BCUT2D eigenvalue weighted by Gasteiger charge is 2.61. The fraction of sp³-hybridized carbons (Fsp3) is 0.586. The Labute approximate surface area is 179 Å². The Hall–Kier alpha value is -1.56. The van der Waals surface area contributed by atoms with Gasteiger partial charge in [0.15, 0.2) is 0 Å². The molecule has 0 aliphatic heterocycles. The standard InChI is InChI=1S/C22H22.C5H12.C2H6/c1-3-7-20-18(5-1)19-6-2-4-8-21(19)22(20)16-10-14-9-15(12-16)13-17(22)11-14;1-5(2,3)4;1-2/h1-8,14-17H,9-13H2;1-4H3;1-2H3. The summed E-state index contributed by atoms with van der Waals surface area (Å²) in [6.45, 7) is 12.8. The lowest BCUT2D eigenvalue weighted by atomic mass is 9.43. The molecule has 0 heterocycles. The van der Waals surface area contributed by atoms with E-state index in [9.17, 15) is 0 Å². The molecule has 2 aromatic rings. The van der Waals surface area contributed by atoms with Crippen LogP contribution in [-0.4, -0.2) is 0 Å². The maximum atomic E-state index is 2.46. The molecule has 0 atom stereocenters. The van der Waals surface area contributed by atoms with Crippen molar-refractivity contribution in [2.45, 2.75) is 79.1 Å². The first kappa shape index (κ1) is 20.7. The molecule has 4 saturated carbocycles. The summed E-state index contributed by atoms with van der Waals surface area (Å²) in [5, 5.41) is 0. The molecule has 0 amide bonds. The zero-order valence-corrected chi connectivity index (χ0v) is 19.5. The van der Waals surface area contributed by atoms with Gasteiger partial charge in [-0.3, -0.25) is 0 Å². The first-order chi connectivity index (χ1) is 13.9. The predicted molar refractivity (Wildman–Crippen MR) is 126 cm³/mol. The Kier molecular flexibility index (Phi) is 5.43. The van der Waals surface area contributed by atoms with Gasteiger partial charge in [0.25, 0.3) is 0 Å². The van der Waals surface area contributed by atoms with Crippen molar-refractivity contribution in [3.63, 3.8) is 0 Å². The van der Waals surface area contributed by atoms with Gasteiger partial charge in [-0.15, -0.1) is 0 Å². The average Bonchev–Trinajstić information content (AvgIpc) is 2.98. The topological polar surface area (TPSA) is 0 Å². The summed E-state index contributed by atoms with van der Waals surface area (Å²) in [4.78, 5) is 0. The highest BCUT2D eigenvalue weighted by atomic mass is 14.6. The molecule has 0 nitrogen and oxygen atoms in total. The van der Waals surface area contributed by atoms with E-state index in [-0.39, 0.29) is 0 Å². The van der Waals surface area contributed by atoms with Gasteiger partial charge in [-0.2, -0.15) is 0 Å². The predicted octanol–water partition coefficient (Wildman–Crippen LogP) is 8.49. The van der Waals surface area contributed by atoms with Gasteiger partial charge < -0.3 is 0 Å². The Morgan fingerprint density at radius 1 is 0.621 bits per heavy atom. The molecule has 0 saturated heterocycles. The molecule has 0 unspecified atom stereocenters. The number of hydrogen-bond donors (Lipinski definition) is 0. The highest BCUT2D eigenvalue weighted by Crippen LogP contribution is 2.69. The van der Waals surface area contributed by atoms with E-state index in [1.54, 1.807) is 11.1 Å². The van der Waals surface area contributed by atoms with Crippen molar-refractivity contribution in [1.29, 1.82) is 0 Å². The van der Waals surface area contributed by atoms with E-state index in [0.29, 0.717) is 10.8 Å². The van der Waals surface area contributed by atoms with Crippen LogP contribution in [0.3, 0.4) is 0 Å². The molecule has 29 heavy (non-hydrogen) atoms. The number of rotatable bonds is 0. The second kappa shape index (κ2) is 7.60. The van der Waals surface area contributed by atoms with Crippen molar-refractivity contribution < 1.29 is 0 Å². The van der Waals surface area contributed by atoms with Crippen LogP contribution in [0.15, 0.2) is 48.5 Å². The van der Waals surface area contributed by atoms with Crippen molar-refractivity contribution >= 4 is 0 Å². The summed E-state index contributed by atoms with van der Waals surface area (Å²) in [5.74, 6) is 3.86. The lowest BCUT2D eigenvalue weighted by Gasteiger charge is -2.61. The summed E-state index contributed by atoms with van der Waals surface area (Å²) < 4.78 is 0. The smallest absolute Gasteiger partial charge is 0.0271 e. The van der Waals surface area contributed by atoms with Gasteiger partial charge in [0.1, 0.15) is 0 Å². The molecule has 4 fully saturated rings. The lowest BCUT2D eigenvalue weighted by Crippen LogP contribution is -2.55. The Bertz CT molecular complexity index is 769. The molecule has 0 aromatic heterocycles. The molecule has 4 bridgehead atoms. The van der Waals surface area contributed by atoms with E-state index in [2.05, 4.69) is 76.2 Å². The van der Waals surface area contributed by atoms with Crippen LogP contribution < -0.4 is 0 Å². The normalized spacial score (nSPS) is 29.3. The minimum Gasteiger partial charge on any atom is -0.0683 e. The van der Waals surface area contributed by atoms with Crippen LogP contribution in [0, 0.1) is 29.1 Å². The number of benzene rings is 2. The van der Waals surface area contributed by atoms with Crippen LogP contribution in [0.25, 0.3) is 11.1 Å². The quantitative estimate of drug-likeness (QED) is 0.424. The van der Waals surface area contributed by atoms with Crippen molar-refractivity contribution in [2.24, 2.45) is 29.1 Å². The van der Waals surface area contributed by atoms with Crippen LogP contribution in [0.5, 0.6) is 0 Å². The zero-order chi connectivity index (χ0) is 20.8. The van der Waals surface area contributed by atoms with Crippen LogP contribution in [0.1, 0.15) is 84.8 Å². The van der Waals surface area contributed by atoms with Gasteiger partial charge in [-0.05, 0) is 83.4 Å². The minimum absolute atomic E-state index is 0.362. The molecule has 5 aliphatic carbocycles. The zero-order valence-electron chi connectivity index (χ0n) is 19.5. The van der Waals surface area contributed by atoms with Gasteiger partial charge in [-0.1, -0.05) is 90.1 Å². The fourth-order valence-electron chi connectivity index (χ4n) is 7.11.